The Morgan fingerprint density at radius 1 is 1.50 bits per heavy atom. The van der Waals surface area contributed by atoms with Crippen LogP contribution in [0.25, 0.3) is 0 Å². The van der Waals surface area contributed by atoms with Crippen molar-refractivity contribution in [1.82, 2.24) is 4.98 Å². The first-order valence-electron chi connectivity index (χ1n) is 4.72. The lowest BCUT2D eigenvalue weighted by molar-refractivity contribution is 0.0967. The minimum Gasteiger partial charge on any atom is -0.292 e. The van der Waals surface area contributed by atoms with Gasteiger partial charge in [0.2, 0.25) is 0 Å². The van der Waals surface area contributed by atoms with Crippen molar-refractivity contribution in [2.24, 2.45) is 0 Å². The summed E-state index contributed by atoms with van der Waals surface area (Å²) in [4.78, 5) is 15.8. The molecule has 0 aromatic carbocycles. The Morgan fingerprint density at radius 2 is 2.29 bits per heavy atom. The molecule has 0 spiro atoms. The molecule has 0 aliphatic heterocycles. The van der Waals surface area contributed by atoms with Crippen molar-refractivity contribution in [3.63, 3.8) is 0 Å². The van der Waals surface area contributed by atoms with Crippen molar-refractivity contribution in [2.45, 2.75) is 26.2 Å². The molecule has 1 heterocycles. The smallest absolute Gasteiger partial charge is 0.181 e. The zero-order valence-corrected chi connectivity index (χ0v) is 8.13. The largest absolute Gasteiger partial charge is 0.292 e. The number of pyridine rings is 1. The summed E-state index contributed by atoms with van der Waals surface area (Å²) in [5, 5.41) is 0. The van der Waals surface area contributed by atoms with Crippen LogP contribution in [0.3, 0.4) is 0 Å². The second kappa shape index (κ2) is 3.26. The highest BCUT2D eigenvalue weighted by atomic mass is 16.1. The van der Waals surface area contributed by atoms with Crippen molar-refractivity contribution < 1.29 is 4.79 Å². The normalized spacial score (nSPS) is 14.7. The molecule has 70 valence electrons. The van der Waals surface area contributed by atoms with Gasteiger partial charge < -0.3 is 0 Å². The molecular weight excluding hydrogens is 174 g/mol. The molecule has 0 atom stereocenters. The number of terminal acetylenes is 1. The van der Waals surface area contributed by atoms with Crippen LogP contribution in [0.4, 0.5) is 0 Å². The van der Waals surface area contributed by atoms with Crippen LogP contribution in [-0.2, 0) is 6.42 Å². The van der Waals surface area contributed by atoms with E-state index in [-0.39, 0.29) is 5.78 Å². The topological polar surface area (TPSA) is 30.0 Å². The molecule has 0 fully saturated rings. The van der Waals surface area contributed by atoms with E-state index in [1.165, 1.54) is 0 Å². The molecule has 0 saturated heterocycles. The van der Waals surface area contributed by atoms with E-state index in [1.54, 1.807) is 0 Å². The Hall–Kier alpha value is -1.62. The third-order valence-corrected chi connectivity index (χ3v) is 2.56. The SMILES string of the molecule is C#Cc1cc2c(nc1C)C(=O)CCC2. The molecule has 0 N–H and O–H groups in total. The van der Waals surface area contributed by atoms with Gasteiger partial charge in [-0.15, -0.1) is 6.42 Å². The number of fused-ring (bicyclic) bond motifs is 1. The fraction of sp³-hybridized carbons (Fsp3) is 0.333. The lowest BCUT2D eigenvalue weighted by atomic mass is 9.93. The quantitative estimate of drug-likeness (QED) is 0.578. The maximum absolute atomic E-state index is 11.5. The van der Waals surface area contributed by atoms with Crippen molar-refractivity contribution in [2.75, 3.05) is 0 Å². The Labute approximate surface area is 83.4 Å². The molecule has 0 amide bonds. The highest BCUT2D eigenvalue weighted by molar-refractivity contribution is 5.96. The van der Waals surface area contributed by atoms with Crippen LogP contribution in [0.5, 0.6) is 0 Å². The predicted octanol–water partition coefficient (Wildman–Crippen LogP) is 1.89. The summed E-state index contributed by atoms with van der Waals surface area (Å²) in [5.41, 5.74) is 3.23. The number of hydrogen-bond donors (Lipinski definition) is 0. The maximum Gasteiger partial charge on any atom is 0.181 e. The Kier molecular flexibility index (Phi) is 2.09. The number of carbonyl (C=O) groups is 1. The molecule has 1 aromatic rings. The van der Waals surface area contributed by atoms with Gasteiger partial charge in [-0.1, -0.05) is 5.92 Å². The maximum atomic E-state index is 11.5. The summed E-state index contributed by atoms with van der Waals surface area (Å²) in [7, 11) is 0. The summed E-state index contributed by atoms with van der Waals surface area (Å²) >= 11 is 0. The summed E-state index contributed by atoms with van der Waals surface area (Å²) in [6.45, 7) is 1.84. The first-order chi connectivity index (χ1) is 6.72. The molecule has 14 heavy (non-hydrogen) atoms. The van der Waals surface area contributed by atoms with E-state index < -0.39 is 0 Å². The average Bonchev–Trinajstić information content (AvgIpc) is 2.19. The lowest BCUT2D eigenvalue weighted by Gasteiger charge is -2.14. The van der Waals surface area contributed by atoms with E-state index in [2.05, 4.69) is 10.9 Å². The third-order valence-electron chi connectivity index (χ3n) is 2.56. The Morgan fingerprint density at radius 3 is 3.00 bits per heavy atom. The fourth-order valence-corrected chi connectivity index (χ4v) is 1.78. The molecule has 0 unspecified atom stereocenters. The number of hydrogen-bond acceptors (Lipinski definition) is 2. The van der Waals surface area contributed by atoms with E-state index in [1.807, 2.05) is 13.0 Å². The highest BCUT2D eigenvalue weighted by Crippen LogP contribution is 2.21. The molecule has 0 bridgehead atoms. The molecular formula is C12H11NO. The van der Waals surface area contributed by atoms with Crippen molar-refractivity contribution >= 4 is 5.78 Å². The van der Waals surface area contributed by atoms with Crippen LogP contribution >= 0.6 is 0 Å². The third kappa shape index (κ3) is 1.31. The minimum absolute atomic E-state index is 0.151. The van der Waals surface area contributed by atoms with Gasteiger partial charge in [-0.25, -0.2) is 4.98 Å². The average molecular weight is 185 g/mol. The van der Waals surface area contributed by atoms with Crippen molar-refractivity contribution in [1.29, 1.82) is 0 Å². The summed E-state index contributed by atoms with van der Waals surface area (Å²) < 4.78 is 0. The number of ketones is 1. The number of aromatic nitrogens is 1. The van der Waals surface area contributed by atoms with Crippen LogP contribution in [0.1, 0.15) is 40.2 Å². The van der Waals surface area contributed by atoms with Gasteiger partial charge in [0, 0.05) is 12.0 Å². The highest BCUT2D eigenvalue weighted by Gasteiger charge is 2.19. The second-order valence-electron chi connectivity index (χ2n) is 3.55. The predicted molar refractivity (Wildman–Crippen MR) is 54.2 cm³/mol. The van der Waals surface area contributed by atoms with Crippen LogP contribution < -0.4 is 0 Å². The van der Waals surface area contributed by atoms with E-state index in [0.717, 1.165) is 29.7 Å². The van der Waals surface area contributed by atoms with Gasteiger partial charge in [0.15, 0.2) is 5.78 Å². The number of rotatable bonds is 0. The summed E-state index contributed by atoms with van der Waals surface area (Å²) in [6, 6.07) is 1.93. The number of nitrogens with zero attached hydrogens (tertiary/aromatic N) is 1. The minimum atomic E-state index is 0.151. The first-order valence-corrected chi connectivity index (χ1v) is 4.72. The van der Waals surface area contributed by atoms with Gasteiger partial charge >= 0.3 is 0 Å². The lowest BCUT2D eigenvalue weighted by Crippen LogP contribution is -2.14. The number of carbonyl (C=O) groups excluding carboxylic acids is 1. The monoisotopic (exact) mass is 185 g/mol. The molecule has 0 radical (unpaired) electrons. The second-order valence-corrected chi connectivity index (χ2v) is 3.55. The van der Waals surface area contributed by atoms with E-state index in [4.69, 9.17) is 6.42 Å². The fourth-order valence-electron chi connectivity index (χ4n) is 1.78. The molecule has 1 aliphatic rings. The van der Waals surface area contributed by atoms with Crippen LogP contribution in [0, 0.1) is 19.3 Å². The van der Waals surface area contributed by atoms with Crippen LogP contribution in [0.2, 0.25) is 0 Å². The zero-order chi connectivity index (χ0) is 10.1. The van der Waals surface area contributed by atoms with Gasteiger partial charge in [-0.2, -0.15) is 0 Å². The van der Waals surface area contributed by atoms with Crippen molar-refractivity contribution in [3.8, 4) is 12.3 Å². The Bertz CT molecular complexity index is 440. The van der Waals surface area contributed by atoms with E-state index in [0.29, 0.717) is 12.1 Å². The van der Waals surface area contributed by atoms with Crippen LogP contribution in [-0.4, -0.2) is 10.8 Å². The van der Waals surface area contributed by atoms with Gasteiger partial charge in [0.05, 0.1) is 5.69 Å². The van der Waals surface area contributed by atoms with Gasteiger partial charge in [-0.05, 0) is 31.4 Å². The molecule has 2 rings (SSSR count). The zero-order valence-electron chi connectivity index (χ0n) is 8.13. The van der Waals surface area contributed by atoms with E-state index >= 15 is 0 Å². The number of Topliss-reactive ketones (excluding diaryl/α,β-unsaturated/α-hetero) is 1. The summed E-state index contributed by atoms with van der Waals surface area (Å²) in [6.07, 6.45) is 7.80. The molecule has 1 aromatic heterocycles. The molecule has 2 heteroatoms. The Balaban J connectivity index is 2.61. The first kappa shape index (κ1) is 8.96. The molecule has 2 nitrogen and oxygen atoms in total. The number of aryl methyl sites for hydroxylation is 2. The standard InChI is InChI=1S/C12H11NO/c1-3-9-7-10-5-4-6-11(14)12(10)13-8(9)2/h1,7H,4-6H2,2H3. The van der Waals surface area contributed by atoms with Gasteiger partial charge in [0.25, 0.3) is 0 Å². The van der Waals surface area contributed by atoms with Crippen LogP contribution in [0.15, 0.2) is 6.07 Å². The van der Waals surface area contributed by atoms with Gasteiger partial charge in [-0.3, -0.25) is 4.79 Å². The molecule has 0 saturated carbocycles. The van der Waals surface area contributed by atoms with Gasteiger partial charge in [0.1, 0.15) is 5.69 Å². The van der Waals surface area contributed by atoms with Crippen molar-refractivity contribution in [3.05, 3.63) is 28.6 Å². The summed E-state index contributed by atoms with van der Waals surface area (Å²) in [5.74, 6) is 2.74. The van der Waals surface area contributed by atoms with E-state index in [9.17, 15) is 4.79 Å². The molecule has 1 aliphatic carbocycles.